The zero-order chi connectivity index (χ0) is 38.4. The fraction of sp³-hybridized carbons (Fsp3) is 0.525. The molecule has 2 aliphatic heterocycles. The van der Waals surface area contributed by atoms with Crippen LogP contribution in [-0.2, 0) is 43.2 Å². The number of nitrogens with one attached hydrogen (secondary N) is 2. The Kier molecular flexibility index (Phi) is 10.6. The molecular formula is C40H48F2N6O5S. The summed E-state index contributed by atoms with van der Waals surface area (Å²) >= 11 is 1.37. The second kappa shape index (κ2) is 15.1. The number of hydrogen-bond donors (Lipinski definition) is 2. The number of aromatic nitrogens is 3. The zero-order valence-electron chi connectivity index (χ0n) is 31.4. The smallest absolute Gasteiger partial charge is 0.324 e. The van der Waals surface area contributed by atoms with E-state index in [0.29, 0.717) is 37.4 Å². The first-order chi connectivity index (χ1) is 25.8. The lowest BCUT2D eigenvalue weighted by atomic mass is 9.84. The number of halogens is 2. The van der Waals surface area contributed by atoms with Crippen molar-refractivity contribution >= 4 is 40.0 Å². The van der Waals surface area contributed by atoms with Crippen LogP contribution in [0.25, 0.3) is 33.4 Å². The lowest BCUT2D eigenvalue weighted by molar-refractivity contribution is -0.155. The van der Waals surface area contributed by atoms with E-state index in [1.54, 1.807) is 13.3 Å². The van der Waals surface area contributed by atoms with Gasteiger partial charge < -0.3 is 19.4 Å². The van der Waals surface area contributed by atoms with Gasteiger partial charge in [-0.25, -0.2) is 19.2 Å². The summed E-state index contributed by atoms with van der Waals surface area (Å²) in [6, 6.07) is 8.45. The number of pyridine rings is 1. The topological polar surface area (TPSA) is 128 Å². The summed E-state index contributed by atoms with van der Waals surface area (Å²) in [5.74, 6) is -5.31. The van der Waals surface area contributed by atoms with Crippen molar-refractivity contribution in [1.29, 1.82) is 0 Å². The van der Waals surface area contributed by atoms with E-state index in [1.165, 1.54) is 16.3 Å². The number of methoxy groups -OCH3 is 1. The van der Waals surface area contributed by atoms with Gasteiger partial charge in [0, 0.05) is 84.4 Å². The third kappa shape index (κ3) is 7.65. The van der Waals surface area contributed by atoms with Crippen molar-refractivity contribution in [3.05, 3.63) is 58.2 Å². The Morgan fingerprint density at radius 2 is 2.04 bits per heavy atom. The van der Waals surface area contributed by atoms with Crippen LogP contribution < -0.4 is 10.7 Å². The first-order valence-electron chi connectivity index (χ1n) is 18.8. The van der Waals surface area contributed by atoms with Crippen LogP contribution in [0.1, 0.15) is 82.2 Å². The lowest BCUT2D eigenvalue weighted by Crippen LogP contribution is -2.60. The van der Waals surface area contributed by atoms with Crippen molar-refractivity contribution in [2.24, 2.45) is 11.3 Å². The molecule has 1 saturated carbocycles. The number of ether oxygens (including phenoxy) is 2. The third-order valence-corrected chi connectivity index (χ3v) is 11.8. The predicted molar refractivity (Wildman–Crippen MR) is 202 cm³/mol. The van der Waals surface area contributed by atoms with Crippen LogP contribution in [0.3, 0.4) is 0 Å². The quantitative estimate of drug-likeness (QED) is 0.210. The maximum atomic E-state index is 14.1. The van der Waals surface area contributed by atoms with Crippen LogP contribution in [0.4, 0.5) is 8.78 Å². The second-order valence-electron chi connectivity index (χ2n) is 15.6. The Morgan fingerprint density at radius 3 is 2.78 bits per heavy atom. The molecule has 7 rings (SSSR count). The van der Waals surface area contributed by atoms with Gasteiger partial charge in [0.1, 0.15) is 12.1 Å². The molecule has 1 aromatic carbocycles. The molecule has 14 heteroatoms. The maximum Gasteiger partial charge on any atom is 0.324 e. The Labute approximate surface area is 317 Å². The summed E-state index contributed by atoms with van der Waals surface area (Å²) < 4.78 is 42.2. The van der Waals surface area contributed by atoms with Crippen LogP contribution >= 0.6 is 11.3 Å². The normalized spacial score (nSPS) is 23.5. The highest BCUT2D eigenvalue weighted by atomic mass is 32.1. The summed E-state index contributed by atoms with van der Waals surface area (Å²) in [4.78, 5) is 50.7. The lowest BCUT2D eigenvalue weighted by Gasteiger charge is -2.35. The number of fused-ring (bicyclic) bond motifs is 6. The molecule has 4 atom stereocenters. The molecule has 2 amide bonds. The summed E-state index contributed by atoms with van der Waals surface area (Å²) in [5.41, 5.74) is 9.13. The van der Waals surface area contributed by atoms with Crippen molar-refractivity contribution in [1.82, 2.24) is 30.3 Å². The number of aryl methyl sites for hydroxylation is 1. The Bertz CT molecular complexity index is 2060. The standard InChI is InChI=1S/C40H48F2N6O5S/c1-6-47-32-12-11-24-17-27(32)28(35(47)26-9-7-15-43-34(26)23(2)52-5)20-39(3,4)22-53-38(51)29-10-8-16-48(46-29)37(50)30(18-33-44-31(24)21-54-33)45-36(49)25-13-14-40(41,42)19-25/h7,9,11-12,15,17,21,23,25,29-30,46H,6,8,10,13-14,16,18-20,22H2,1-5H3,(H,45,49)/t23-,25-,29-,30-/m0/s1. The first kappa shape index (κ1) is 38.0. The fourth-order valence-electron chi connectivity index (χ4n) is 8.03. The molecular weight excluding hydrogens is 715 g/mol. The minimum Gasteiger partial charge on any atom is -0.464 e. The Morgan fingerprint density at radius 1 is 1.22 bits per heavy atom. The number of carbonyl (C=O) groups excluding carboxylic acids is 3. The minimum atomic E-state index is -2.91. The van der Waals surface area contributed by atoms with E-state index < -0.39 is 53.5 Å². The molecule has 6 bridgehead atoms. The zero-order valence-corrected chi connectivity index (χ0v) is 32.2. The van der Waals surface area contributed by atoms with E-state index in [2.05, 4.69) is 54.3 Å². The summed E-state index contributed by atoms with van der Waals surface area (Å²) in [5, 5.41) is 7.74. The Hall–Kier alpha value is -4.27. The molecule has 4 aromatic rings. The molecule has 2 N–H and O–H groups in total. The number of alkyl halides is 2. The SMILES string of the molecule is CCn1c(-c2cccnc2[C@H](C)OC)c2c3cc(ccc31)-c1csc(n1)C[C@H](NC(=O)[C@H]1CCC(F)(F)C1)C(=O)N1CCC[C@H](N1)C(=O)OCC(C)(C)C2. The van der Waals surface area contributed by atoms with Gasteiger partial charge in [0.25, 0.3) is 5.91 Å². The van der Waals surface area contributed by atoms with E-state index in [9.17, 15) is 23.2 Å². The number of amides is 2. The van der Waals surface area contributed by atoms with E-state index >= 15 is 0 Å². The number of esters is 1. The first-order valence-corrected chi connectivity index (χ1v) is 19.7. The number of hydrogen-bond acceptors (Lipinski definition) is 9. The molecule has 1 saturated heterocycles. The molecule has 5 heterocycles. The number of hydrazine groups is 1. The largest absolute Gasteiger partial charge is 0.464 e. The highest BCUT2D eigenvalue weighted by molar-refractivity contribution is 7.10. The molecule has 0 radical (unpaired) electrons. The van der Waals surface area contributed by atoms with Gasteiger partial charge in [0.2, 0.25) is 11.8 Å². The second-order valence-corrected chi connectivity index (χ2v) is 16.5. The average Bonchev–Trinajstić information content (AvgIpc) is 3.87. The van der Waals surface area contributed by atoms with E-state index in [-0.39, 0.29) is 32.0 Å². The monoisotopic (exact) mass is 762 g/mol. The molecule has 3 aliphatic rings. The number of nitrogens with zero attached hydrogens (tertiary/aromatic N) is 4. The molecule has 0 spiro atoms. The predicted octanol–water partition coefficient (Wildman–Crippen LogP) is 6.64. The maximum absolute atomic E-state index is 14.1. The molecule has 288 valence electrons. The highest BCUT2D eigenvalue weighted by Crippen LogP contribution is 2.42. The molecule has 1 aliphatic carbocycles. The molecule has 54 heavy (non-hydrogen) atoms. The van der Waals surface area contributed by atoms with E-state index in [4.69, 9.17) is 19.4 Å². The van der Waals surface area contributed by atoms with Gasteiger partial charge in [0.15, 0.2) is 0 Å². The van der Waals surface area contributed by atoms with Crippen molar-refractivity contribution in [2.75, 3.05) is 20.3 Å². The van der Waals surface area contributed by atoms with Crippen LogP contribution in [0.15, 0.2) is 41.9 Å². The molecule has 2 fully saturated rings. The minimum absolute atomic E-state index is 0.0484. The molecule has 0 unspecified atom stereocenters. The van der Waals surface area contributed by atoms with Crippen molar-refractivity contribution < 1.29 is 32.6 Å². The number of carbonyl (C=O) groups is 3. The van der Waals surface area contributed by atoms with Gasteiger partial charge in [-0.1, -0.05) is 19.9 Å². The van der Waals surface area contributed by atoms with E-state index in [0.717, 1.165) is 44.7 Å². The highest BCUT2D eigenvalue weighted by Gasteiger charge is 2.44. The average molecular weight is 763 g/mol. The van der Waals surface area contributed by atoms with Gasteiger partial charge in [-0.2, -0.15) is 0 Å². The summed E-state index contributed by atoms with van der Waals surface area (Å²) in [7, 11) is 1.67. The van der Waals surface area contributed by atoms with Gasteiger partial charge in [-0.15, -0.1) is 11.3 Å². The van der Waals surface area contributed by atoms with Gasteiger partial charge in [0.05, 0.1) is 34.8 Å². The van der Waals surface area contributed by atoms with Gasteiger partial charge in [-0.3, -0.25) is 24.4 Å². The van der Waals surface area contributed by atoms with Crippen LogP contribution in [0.2, 0.25) is 0 Å². The van der Waals surface area contributed by atoms with E-state index in [1.807, 2.05) is 24.4 Å². The third-order valence-electron chi connectivity index (χ3n) is 10.9. The van der Waals surface area contributed by atoms with Crippen molar-refractivity contribution in [3.8, 4) is 22.5 Å². The fourth-order valence-corrected chi connectivity index (χ4v) is 8.88. The van der Waals surface area contributed by atoms with Gasteiger partial charge >= 0.3 is 5.97 Å². The summed E-state index contributed by atoms with van der Waals surface area (Å²) in [6.07, 6.45) is 2.30. The van der Waals surface area contributed by atoms with Crippen molar-refractivity contribution in [3.63, 3.8) is 0 Å². The van der Waals surface area contributed by atoms with Crippen LogP contribution in [-0.4, -0.2) is 75.6 Å². The van der Waals surface area contributed by atoms with Crippen LogP contribution in [0, 0.1) is 11.3 Å². The summed E-state index contributed by atoms with van der Waals surface area (Å²) in [6.45, 7) is 9.39. The van der Waals surface area contributed by atoms with Crippen LogP contribution in [0.5, 0.6) is 0 Å². The number of thiazole rings is 1. The number of rotatable bonds is 6. The molecule has 11 nitrogen and oxygen atoms in total. The van der Waals surface area contributed by atoms with Crippen molar-refractivity contribution in [2.45, 2.75) is 103 Å². The Balaban J connectivity index is 1.33. The number of benzene rings is 1. The number of cyclic esters (lactones) is 1. The van der Waals surface area contributed by atoms with Gasteiger partial charge in [-0.05, 0) is 69.4 Å². The molecule has 3 aromatic heterocycles.